The van der Waals surface area contributed by atoms with Crippen LogP contribution in [-0.4, -0.2) is 0 Å². The molecule has 1 radical (unpaired) electrons. The van der Waals surface area contributed by atoms with Crippen LogP contribution in [0.1, 0.15) is 0 Å². The highest BCUT2D eigenvalue weighted by atomic mass is 35.5. The Morgan fingerprint density at radius 3 is 2.69 bits per heavy atom. The SMILES string of the molecule is Fc1cccc(Oc2cc[c]cc2Cl)c1F. The molecule has 0 bridgehead atoms. The first-order valence-corrected chi connectivity index (χ1v) is 4.84. The van der Waals surface area contributed by atoms with Gasteiger partial charge in [-0.25, -0.2) is 4.39 Å². The minimum absolute atomic E-state index is 0.201. The molecule has 0 saturated carbocycles. The van der Waals surface area contributed by atoms with E-state index in [2.05, 4.69) is 6.07 Å². The van der Waals surface area contributed by atoms with Gasteiger partial charge in [-0.2, -0.15) is 4.39 Å². The second-order valence-corrected chi connectivity index (χ2v) is 3.42. The summed E-state index contributed by atoms with van der Waals surface area (Å²) in [5, 5.41) is 0.283. The van der Waals surface area contributed by atoms with Crippen molar-refractivity contribution in [1.29, 1.82) is 0 Å². The molecule has 0 fully saturated rings. The maximum absolute atomic E-state index is 13.3. The van der Waals surface area contributed by atoms with E-state index in [4.69, 9.17) is 16.3 Å². The van der Waals surface area contributed by atoms with Gasteiger partial charge < -0.3 is 4.74 Å². The zero-order valence-electron chi connectivity index (χ0n) is 8.01. The second kappa shape index (κ2) is 4.49. The summed E-state index contributed by atoms with van der Waals surface area (Å²) in [6.07, 6.45) is 0. The lowest BCUT2D eigenvalue weighted by molar-refractivity contribution is 0.416. The average Bonchev–Trinajstić information content (AvgIpc) is 2.28. The molecule has 0 aliphatic heterocycles. The number of benzene rings is 2. The maximum atomic E-state index is 13.3. The van der Waals surface area contributed by atoms with Crippen molar-refractivity contribution in [3.63, 3.8) is 0 Å². The number of halogens is 3. The Hall–Kier alpha value is -1.61. The minimum Gasteiger partial charge on any atom is -0.453 e. The van der Waals surface area contributed by atoms with Gasteiger partial charge in [-0.05, 0) is 30.3 Å². The Morgan fingerprint density at radius 1 is 1.12 bits per heavy atom. The Morgan fingerprint density at radius 2 is 1.94 bits per heavy atom. The van der Waals surface area contributed by atoms with Gasteiger partial charge in [-0.15, -0.1) is 0 Å². The number of hydrogen-bond acceptors (Lipinski definition) is 1. The first-order chi connectivity index (χ1) is 7.68. The van der Waals surface area contributed by atoms with Crippen LogP contribution in [-0.2, 0) is 0 Å². The summed E-state index contributed by atoms with van der Waals surface area (Å²) < 4.78 is 31.3. The minimum atomic E-state index is -1.04. The topological polar surface area (TPSA) is 9.23 Å². The fourth-order valence-electron chi connectivity index (χ4n) is 1.16. The molecule has 0 amide bonds. The van der Waals surface area contributed by atoms with E-state index >= 15 is 0 Å². The summed E-state index contributed by atoms with van der Waals surface area (Å²) in [4.78, 5) is 0. The number of rotatable bonds is 2. The van der Waals surface area contributed by atoms with Crippen molar-refractivity contribution >= 4 is 11.6 Å². The number of ether oxygens (including phenoxy) is 1. The van der Waals surface area contributed by atoms with Crippen LogP contribution in [0.15, 0.2) is 36.4 Å². The van der Waals surface area contributed by atoms with E-state index in [1.54, 1.807) is 6.07 Å². The summed E-state index contributed by atoms with van der Waals surface area (Å²) >= 11 is 5.79. The summed E-state index contributed by atoms with van der Waals surface area (Å²) in [5.74, 6) is -1.94. The lowest BCUT2D eigenvalue weighted by Gasteiger charge is -2.07. The lowest BCUT2D eigenvalue weighted by Crippen LogP contribution is -1.91. The van der Waals surface area contributed by atoms with E-state index in [-0.39, 0.29) is 16.5 Å². The first-order valence-electron chi connectivity index (χ1n) is 4.46. The highest BCUT2D eigenvalue weighted by Crippen LogP contribution is 2.30. The monoisotopic (exact) mass is 239 g/mol. The zero-order valence-corrected chi connectivity index (χ0v) is 8.76. The van der Waals surface area contributed by atoms with Gasteiger partial charge >= 0.3 is 0 Å². The zero-order chi connectivity index (χ0) is 11.5. The molecule has 0 saturated heterocycles. The highest BCUT2D eigenvalue weighted by molar-refractivity contribution is 6.32. The third kappa shape index (κ3) is 2.14. The van der Waals surface area contributed by atoms with E-state index in [1.807, 2.05) is 0 Å². The van der Waals surface area contributed by atoms with Gasteiger partial charge in [0.05, 0.1) is 5.02 Å². The van der Waals surface area contributed by atoms with Gasteiger partial charge in [0, 0.05) is 0 Å². The molecule has 0 aliphatic carbocycles. The van der Waals surface area contributed by atoms with Crippen molar-refractivity contribution < 1.29 is 13.5 Å². The van der Waals surface area contributed by atoms with E-state index in [0.29, 0.717) is 0 Å². The molecule has 81 valence electrons. The predicted octanol–water partition coefficient (Wildman–Crippen LogP) is 4.21. The largest absolute Gasteiger partial charge is 0.453 e. The van der Waals surface area contributed by atoms with Gasteiger partial charge in [0.15, 0.2) is 11.6 Å². The Labute approximate surface area is 96.2 Å². The molecule has 1 nitrogen and oxygen atoms in total. The number of hydrogen-bond donors (Lipinski definition) is 0. The quantitative estimate of drug-likeness (QED) is 0.763. The smallest absolute Gasteiger partial charge is 0.201 e. The molecule has 0 unspecified atom stereocenters. The van der Waals surface area contributed by atoms with Crippen LogP contribution in [0.25, 0.3) is 0 Å². The van der Waals surface area contributed by atoms with Crippen LogP contribution >= 0.6 is 11.6 Å². The summed E-state index contributed by atoms with van der Waals surface area (Å²) in [5.41, 5.74) is 0. The molecule has 0 aliphatic rings. The summed E-state index contributed by atoms with van der Waals surface area (Å²) in [7, 11) is 0. The van der Waals surface area contributed by atoms with Gasteiger partial charge in [0.2, 0.25) is 5.82 Å². The third-order valence-electron chi connectivity index (χ3n) is 1.91. The Kier molecular flexibility index (Phi) is 3.06. The Balaban J connectivity index is 2.35. The van der Waals surface area contributed by atoms with Crippen LogP contribution in [0, 0.1) is 17.7 Å². The molecule has 0 aromatic heterocycles. The van der Waals surface area contributed by atoms with Crippen molar-refractivity contribution in [2.45, 2.75) is 0 Å². The molecule has 0 atom stereocenters. The molecule has 4 heteroatoms. The molecule has 2 aromatic carbocycles. The van der Waals surface area contributed by atoms with E-state index in [1.165, 1.54) is 24.3 Å². The summed E-state index contributed by atoms with van der Waals surface area (Å²) in [6, 6.07) is 11.0. The highest BCUT2D eigenvalue weighted by Gasteiger charge is 2.10. The van der Waals surface area contributed by atoms with Crippen LogP contribution in [0.2, 0.25) is 5.02 Å². The molecule has 0 spiro atoms. The van der Waals surface area contributed by atoms with Gasteiger partial charge in [0.1, 0.15) is 5.75 Å². The molecule has 0 heterocycles. The van der Waals surface area contributed by atoms with E-state index in [0.717, 1.165) is 6.07 Å². The lowest BCUT2D eigenvalue weighted by atomic mass is 10.3. The molecule has 2 aromatic rings. The third-order valence-corrected chi connectivity index (χ3v) is 2.21. The average molecular weight is 240 g/mol. The van der Waals surface area contributed by atoms with E-state index < -0.39 is 11.6 Å². The van der Waals surface area contributed by atoms with Gasteiger partial charge in [-0.3, -0.25) is 0 Å². The van der Waals surface area contributed by atoms with Crippen molar-refractivity contribution in [3.8, 4) is 11.5 Å². The summed E-state index contributed by atoms with van der Waals surface area (Å²) in [6.45, 7) is 0. The molecule has 2 rings (SSSR count). The normalized spacial score (nSPS) is 10.2. The van der Waals surface area contributed by atoms with Crippen molar-refractivity contribution in [1.82, 2.24) is 0 Å². The molecule has 16 heavy (non-hydrogen) atoms. The second-order valence-electron chi connectivity index (χ2n) is 3.01. The maximum Gasteiger partial charge on any atom is 0.201 e. The van der Waals surface area contributed by atoms with Crippen LogP contribution in [0.4, 0.5) is 8.78 Å². The Bertz CT molecular complexity index is 514. The van der Waals surface area contributed by atoms with E-state index in [9.17, 15) is 8.78 Å². The van der Waals surface area contributed by atoms with Crippen molar-refractivity contribution in [2.24, 2.45) is 0 Å². The molecular weight excluding hydrogens is 234 g/mol. The van der Waals surface area contributed by atoms with Gasteiger partial charge in [0.25, 0.3) is 0 Å². The van der Waals surface area contributed by atoms with Gasteiger partial charge in [-0.1, -0.05) is 23.7 Å². The van der Waals surface area contributed by atoms with Crippen LogP contribution in [0.3, 0.4) is 0 Å². The fraction of sp³-hybridized carbons (Fsp3) is 0. The van der Waals surface area contributed by atoms with Crippen LogP contribution < -0.4 is 4.74 Å². The first kappa shape index (κ1) is 10.9. The molecular formula is C12H6ClF2O. The molecule has 0 N–H and O–H groups in total. The standard InChI is InChI=1S/C12H6ClF2O/c13-8-4-1-2-6-10(8)16-11-7-3-5-9(14)12(11)15/h2-7H. The fourth-order valence-corrected chi connectivity index (χ4v) is 1.32. The van der Waals surface area contributed by atoms with Crippen molar-refractivity contribution in [3.05, 3.63) is 59.1 Å². The predicted molar refractivity (Wildman–Crippen MR) is 56.7 cm³/mol. The van der Waals surface area contributed by atoms with Crippen LogP contribution in [0.5, 0.6) is 11.5 Å². The van der Waals surface area contributed by atoms with Crippen molar-refractivity contribution in [2.75, 3.05) is 0 Å².